The number of likely N-dealkylation sites (tertiary alicyclic amines) is 1. The van der Waals surface area contributed by atoms with E-state index in [2.05, 4.69) is 74.8 Å². The fourth-order valence-corrected chi connectivity index (χ4v) is 5.21. The molecule has 33 heavy (non-hydrogen) atoms. The van der Waals surface area contributed by atoms with Crippen LogP contribution in [0.3, 0.4) is 0 Å². The Morgan fingerprint density at radius 1 is 1.06 bits per heavy atom. The Labute approximate surface area is 199 Å². The third-order valence-electron chi connectivity index (χ3n) is 6.19. The largest absolute Gasteiger partial charge is 0.312 e. The summed E-state index contributed by atoms with van der Waals surface area (Å²) >= 11 is 1.85. The van der Waals surface area contributed by atoms with Crippen molar-refractivity contribution in [3.05, 3.63) is 65.7 Å². The molecule has 176 valence electrons. The second-order valence-electron chi connectivity index (χ2n) is 8.72. The molecule has 2 aliphatic rings. The molecular weight excluding hydrogens is 440 g/mol. The zero-order valence-electron chi connectivity index (χ0n) is 19.2. The number of likely N-dealkylation sites (N-methyl/N-ethyl adjacent to an activating group) is 1. The topological polar surface area (TPSA) is 34.4 Å². The molecule has 0 bridgehead atoms. The van der Waals surface area contributed by atoms with Crippen molar-refractivity contribution in [1.82, 2.24) is 9.80 Å². The van der Waals surface area contributed by atoms with Crippen LogP contribution in [-0.4, -0.2) is 73.2 Å². The Morgan fingerprint density at radius 2 is 1.82 bits per heavy atom. The van der Waals surface area contributed by atoms with Gasteiger partial charge in [0.2, 0.25) is 0 Å². The van der Waals surface area contributed by atoms with Crippen LogP contribution in [-0.2, 0) is 6.54 Å². The van der Waals surface area contributed by atoms with Gasteiger partial charge in [-0.1, -0.05) is 42.5 Å². The minimum absolute atomic E-state index is 0.119. The van der Waals surface area contributed by atoms with E-state index in [1.54, 1.807) is 0 Å². The van der Waals surface area contributed by atoms with Crippen molar-refractivity contribution in [2.24, 2.45) is 10.2 Å². The molecule has 2 aromatic rings. The van der Waals surface area contributed by atoms with Gasteiger partial charge in [-0.2, -0.15) is 10.2 Å². The van der Waals surface area contributed by atoms with Gasteiger partial charge in [0.1, 0.15) is 5.71 Å². The summed E-state index contributed by atoms with van der Waals surface area (Å²) in [5.74, 6) is 1.03. The minimum atomic E-state index is -2.55. The van der Waals surface area contributed by atoms with E-state index in [-0.39, 0.29) is 12.1 Å². The molecule has 0 saturated carbocycles. The summed E-state index contributed by atoms with van der Waals surface area (Å²) in [7, 11) is 4.32. The molecule has 1 atom stereocenters. The number of alkyl halides is 2. The standard InChI is InChI=1S/C25H31F2N5S/c1-30(2)22-12-13-31(18-22)14-15-33-32(21-6-4-3-5-7-21)17-19-8-10-20(11-9-19)23-16-24(25(26)27)29-28-23/h3-11,22,25H,12-18H2,1-2H3. The molecular formula is C25H31F2N5S. The van der Waals surface area contributed by atoms with Gasteiger partial charge in [-0.25, -0.2) is 8.78 Å². The molecule has 2 aliphatic heterocycles. The van der Waals surface area contributed by atoms with Gasteiger partial charge in [0.05, 0.1) is 12.3 Å². The Bertz CT molecular complexity index is 963. The van der Waals surface area contributed by atoms with Gasteiger partial charge in [0, 0.05) is 37.0 Å². The van der Waals surface area contributed by atoms with Gasteiger partial charge < -0.3 is 14.1 Å². The van der Waals surface area contributed by atoms with Crippen molar-refractivity contribution in [2.45, 2.75) is 31.9 Å². The fraction of sp³-hybridized carbons (Fsp3) is 0.440. The summed E-state index contributed by atoms with van der Waals surface area (Å²) in [6, 6.07) is 19.1. The molecule has 2 aromatic carbocycles. The lowest BCUT2D eigenvalue weighted by Gasteiger charge is -2.25. The normalized spacial score (nSPS) is 18.8. The van der Waals surface area contributed by atoms with Gasteiger partial charge >= 0.3 is 0 Å². The average molecular weight is 472 g/mol. The highest BCUT2D eigenvalue weighted by molar-refractivity contribution is 8.00. The lowest BCUT2D eigenvalue weighted by atomic mass is 10.0. The van der Waals surface area contributed by atoms with Crippen LogP contribution in [0, 0.1) is 0 Å². The van der Waals surface area contributed by atoms with Crippen LogP contribution in [0.1, 0.15) is 24.0 Å². The monoisotopic (exact) mass is 471 g/mol. The number of benzene rings is 2. The first-order valence-corrected chi connectivity index (χ1v) is 12.3. The smallest absolute Gasteiger partial charge is 0.278 e. The van der Waals surface area contributed by atoms with E-state index >= 15 is 0 Å². The van der Waals surface area contributed by atoms with Crippen LogP contribution >= 0.6 is 11.9 Å². The van der Waals surface area contributed by atoms with Crippen molar-refractivity contribution in [3.63, 3.8) is 0 Å². The van der Waals surface area contributed by atoms with Crippen molar-refractivity contribution in [1.29, 1.82) is 0 Å². The molecule has 1 fully saturated rings. The van der Waals surface area contributed by atoms with E-state index in [1.165, 1.54) is 12.1 Å². The van der Waals surface area contributed by atoms with E-state index < -0.39 is 6.43 Å². The average Bonchev–Trinajstić information content (AvgIpc) is 3.50. The molecule has 0 aromatic heterocycles. The second kappa shape index (κ2) is 11.2. The fourth-order valence-electron chi connectivity index (χ4n) is 4.14. The minimum Gasteiger partial charge on any atom is -0.312 e. The van der Waals surface area contributed by atoms with E-state index in [0.717, 1.165) is 43.1 Å². The lowest BCUT2D eigenvalue weighted by molar-refractivity contribution is 0.224. The highest BCUT2D eigenvalue weighted by Gasteiger charge is 2.24. The molecule has 2 heterocycles. The van der Waals surface area contributed by atoms with Crippen LogP contribution in [0.25, 0.3) is 0 Å². The van der Waals surface area contributed by atoms with Gasteiger partial charge in [-0.15, -0.1) is 0 Å². The molecule has 1 saturated heterocycles. The van der Waals surface area contributed by atoms with Gasteiger partial charge in [0.25, 0.3) is 6.43 Å². The Balaban J connectivity index is 1.35. The highest BCUT2D eigenvalue weighted by atomic mass is 32.2. The Morgan fingerprint density at radius 3 is 2.45 bits per heavy atom. The molecule has 0 spiro atoms. The first-order valence-electron chi connectivity index (χ1n) is 11.3. The molecule has 8 heteroatoms. The summed E-state index contributed by atoms with van der Waals surface area (Å²) in [5, 5.41) is 7.56. The van der Waals surface area contributed by atoms with E-state index in [1.807, 2.05) is 30.1 Å². The van der Waals surface area contributed by atoms with Crippen LogP contribution in [0.2, 0.25) is 0 Å². The summed E-state index contributed by atoms with van der Waals surface area (Å²) < 4.78 is 28.0. The van der Waals surface area contributed by atoms with Crippen molar-refractivity contribution >= 4 is 29.1 Å². The van der Waals surface area contributed by atoms with Crippen molar-refractivity contribution in [2.75, 3.05) is 43.8 Å². The van der Waals surface area contributed by atoms with Crippen molar-refractivity contribution < 1.29 is 8.78 Å². The number of halogens is 2. The molecule has 0 N–H and O–H groups in total. The first-order chi connectivity index (χ1) is 16.0. The lowest BCUT2D eigenvalue weighted by Crippen LogP contribution is -2.32. The number of hydrogen-bond acceptors (Lipinski definition) is 6. The zero-order valence-corrected chi connectivity index (χ0v) is 20.0. The number of para-hydroxylation sites is 1. The SMILES string of the molecule is CN(C)C1CCN(CCSN(Cc2ccc(C3=NN=C(C(F)F)C3)cc2)c2ccccc2)C1. The van der Waals surface area contributed by atoms with E-state index in [0.29, 0.717) is 11.8 Å². The quantitative estimate of drug-likeness (QED) is 0.467. The third kappa shape index (κ3) is 6.40. The number of nitrogens with zero attached hydrogens (tertiary/aromatic N) is 5. The molecule has 1 unspecified atom stereocenters. The highest BCUT2D eigenvalue weighted by Crippen LogP contribution is 2.26. The van der Waals surface area contributed by atoms with Crippen molar-refractivity contribution in [3.8, 4) is 0 Å². The first kappa shape index (κ1) is 23.9. The number of anilines is 1. The van der Waals surface area contributed by atoms with E-state index in [4.69, 9.17) is 0 Å². The maximum atomic E-state index is 12.8. The van der Waals surface area contributed by atoms with Gasteiger partial charge in [0.15, 0.2) is 0 Å². The molecule has 4 rings (SSSR count). The zero-order chi connectivity index (χ0) is 23.2. The number of hydrogen-bond donors (Lipinski definition) is 0. The molecule has 0 amide bonds. The van der Waals surface area contributed by atoms with Crippen LogP contribution < -0.4 is 4.31 Å². The van der Waals surface area contributed by atoms with Crippen LogP contribution in [0.5, 0.6) is 0 Å². The maximum Gasteiger partial charge on any atom is 0.278 e. The predicted octanol–water partition coefficient (Wildman–Crippen LogP) is 4.79. The number of rotatable bonds is 10. The summed E-state index contributed by atoms with van der Waals surface area (Å²) in [5.41, 5.74) is 3.64. The van der Waals surface area contributed by atoms with Gasteiger partial charge in [-0.05, 0) is 62.3 Å². The van der Waals surface area contributed by atoms with Crippen LogP contribution in [0.15, 0.2) is 64.8 Å². The Hall–Kier alpha value is -2.29. The van der Waals surface area contributed by atoms with Gasteiger partial charge in [-0.3, -0.25) is 0 Å². The van der Waals surface area contributed by atoms with E-state index in [9.17, 15) is 8.78 Å². The predicted molar refractivity (Wildman–Crippen MR) is 135 cm³/mol. The molecule has 5 nitrogen and oxygen atoms in total. The maximum absolute atomic E-state index is 12.8. The third-order valence-corrected chi connectivity index (χ3v) is 7.21. The summed E-state index contributed by atoms with van der Waals surface area (Å²) in [6.07, 6.45) is -1.19. The molecule has 0 radical (unpaired) electrons. The Kier molecular flexibility index (Phi) is 8.11. The summed E-state index contributed by atoms with van der Waals surface area (Å²) in [4.78, 5) is 4.87. The summed E-state index contributed by atoms with van der Waals surface area (Å²) in [6.45, 7) is 4.14. The molecule has 0 aliphatic carbocycles. The van der Waals surface area contributed by atoms with Crippen LogP contribution in [0.4, 0.5) is 14.5 Å². The second-order valence-corrected chi connectivity index (χ2v) is 9.83.